The van der Waals surface area contributed by atoms with Gasteiger partial charge in [-0.15, -0.1) is 0 Å². The predicted molar refractivity (Wildman–Crippen MR) is 88.9 cm³/mol. The van der Waals surface area contributed by atoms with Crippen LogP contribution in [0.5, 0.6) is 0 Å². The van der Waals surface area contributed by atoms with Crippen LogP contribution in [-0.4, -0.2) is 31.9 Å². The van der Waals surface area contributed by atoms with Crippen molar-refractivity contribution in [3.8, 4) is 0 Å². The minimum atomic E-state index is -0.466. The van der Waals surface area contributed by atoms with Crippen molar-refractivity contribution in [1.82, 2.24) is 19.9 Å². The van der Waals surface area contributed by atoms with E-state index >= 15 is 0 Å². The van der Waals surface area contributed by atoms with Gasteiger partial charge in [-0.05, 0) is 6.07 Å². The molecule has 0 atom stereocenters. The number of aromatic amines is 1. The molecule has 0 radical (unpaired) electrons. The van der Waals surface area contributed by atoms with Gasteiger partial charge in [-0.2, -0.15) is 0 Å². The number of imidazole rings is 1. The number of aryl methyl sites for hydroxylation is 1. The fourth-order valence-electron chi connectivity index (χ4n) is 2.66. The van der Waals surface area contributed by atoms with Crippen molar-refractivity contribution >= 4 is 22.5 Å². The Morgan fingerprint density at radius 3 is 3.04 bits per heavy atom. The molecule has 0 fully saturated rings. The zero-order chi connectivity index (χ0) is 17.1. The highest BCUT2D eigenvalue weighted by molar-refractivity contribution is 6.00. The number of carbonyl (C=O) groups excluding carboxylic acids is 1. The molecule has 0 spiro atoms. The van der Waals surface area contributed by atoms with Crippen molar-refractivity contribution in [1.29, 1.82) is 0 Å². The van der Waals surface area contributed by atoms with E-state index in [1.807, 2.05) is 17.7 Å². The summed E-state index contributed by atoms with van der Waals surface area (Å²) in [5.74, 6) is 0.671. The third-order valence-electron chi connectivity index (χ3n) is 3.83. The average Bonchev–Trinajstić information content (AvgIpc) is 3.20. The first-order chi connectivity index (χ1) is 11.6. The number of carbonyl (C=O) groups is 1. The van der Waals surface area contributed by atoms with Gasteiger partial charge in [0.25, 0.3) is 11.6 Å². The molecule has 3 rings (SSSR count). The number of nitro groups is 1. The van der Waals surface area contributed by atoms with Gasteiger partial charge in [-0.3, -0.25) is 14.9 Å². The number of nitrogens with one attached hydrogen (secondary N) is 2. The smallest absolute Gasteiger partial charge is 0.293 e. The first kappa shape index (κ1) is 15.7. The summed E-state index contributed by atoms with van der Waals surface area (Å²) in [6.07, 6.45) is 4.43. The minimum Gasteiger partial charge on any atom is -0.349 e. The molecule has 0 bridgehead atoms. The van der Waals surface area contributed by atoms with Gasteiger partial charge in [0.2, 0.25) is 0 Å². The summed E-state index contributed by atoms with van der Waals surface area (Å²) in [5, 5.41) is 14.5. The zero-order valence-corrected chi connectivity index (χ0v) is 13.2. The molecule has 0 aliphatic rings. The summed E-state index contributed by atoms with van der Waals surface area (Å²) < 4.78 is 1.98. The molecule has 2 aromatic heterocycles. The van der Waals surface area contributed by atoms with Crippen LogP contribution in [0.4, 0.5) is 5.69 Å². The van der Waals surface area contributed by atoms with E-state index in [0.717, 1.165) is 12.2 Å². The van der Waals surface area contributed by atoms with Crippen LogP contribution in [0, 0.1) is 10.1 Å². The van der Waals surface area contributed by atoms with Gasteiger partial charge in [-0.1, -0.05) is 19.1 Å². The number of amides is 1. The Morgan fingerprint density at radius 2 is 2.29 bits per heavy atom. The van der Waals surface area contributed by atoms with E-state index in [1.165, 1.54) is 6.07 Å². The largest absolute Gasteiger partial charge is 0.349 e. The Bertz CT molecular complexity index is 896. The second-order valence-corrected chi connectivity index (χ2v) is 5.33. The van der Waals surface area contributed by atoms with Crippen molar-refractivity contribution in [3.05, 3.63) is 58.3 Å². The highest BCUT2D eigenvalue weighted by Gasteiger charge is 2.16. The summed E-state index contributed by atoms with van der Waals surface area (Å²) >= 11 is 0. The van der Waals surface area contributed by atoms with Gasteiger partial charge in [0, 0.05) is 43.4 Å². The van der Waals surface area contributed by atoms with E-state index in [0.29, 0.717) is 29.7 Å². The van der Waals surface area contributed by atoms with Gasteiger partial charge in [0.05, 0.1) is 4.92 Å². The summed E-state index contributed by atoms with van der Waals surface area (Å²) in [6.45, 7) is 3.09. The van der Waals surface area contributed by atoms with E-state index in [9.17, 15) is 14.9 Å². The highest BCUT2D eigenvalue weighted by Crippen LogP contribution is 2.25. The summed E-state index contributed by atoms with van der Waals surface area (Å²) in [7, 11) is 0. The first-order valence-corrected chi connectivity index (χ1v) is 7.64. The maximum absolute atomic E-state index is 12.2. The molecular formula is C16H17N5O3. The van der Waals surface area contributed by atoms with Gasteiger partial charge in [-0.25, -0.2) is 4.98 Å². The first-order valence-electron chi connectivity index (χ1n) is 7.64. The third kappa shape index (κ3) is 2.98. The maximum Gasteiger partial charge on any atom is 0.293 e. The number of hydrogen-bond donors (Lipinski definition) is 2. The molecule has 8 nitrogen and oxygen atoms in total. The van der Waals surface area contributed by atoms with Crippen LogP contribution in [0.15, 0.2) is 36.7 Å². The van der Waals surface area contributed by atoms with Crippen molar-refractivity contribution in [3.63, 3.8) is 0 Å². The molecule has 0 saturated heterocycles. The monoisotopic (exact) mass is 327 g/mol. The number of rotatable bonds is 6. The van der Waals surface area contributed by atoms with Crippen molar-refractivity contribution in [2.75, 3.05) is 6.54 Å². The Labute approximate surface area is 137 Å². The van der Waals surface area contributed by atoms with Crippen LogP contribution >= 0.6 is 0 Å². The number of hydrogen-bond acceptors (Lipinski definition) is 4. The van der Waals surface area contributed by atoms with E-state index < -0.39 is 4.92 Å². The number of fused-ring (bicyclic) bond motifs is 1. The molecule has 0 aliphatic carbocycles. The zero-order valence-electron chi connectivity index (χ0n) is 13.2. The molecule has 2 N–H and O–H groups in total. The summed E-state index contributed by atoms with van der Waals surface area (Å²) in [6, 6.07) is 6.36. The second-order valence-electron chi connectivity index (χ2n) is 5.33. The van der Waals surface area contributed by atoms with E-state index in [4.69, 9.17) is 0 Å². The summed E-state index contributed by atoms with van der Waals surface area (Å²) in [4.78, 5) is 29.9. The number of non-ortho nitro benzene ring substituents is 1. The molecule has 8 heteroatoms. The molecule has 2 heterocycles. The molecule has 124 valence electrons. The number of nitro benzene ring substituents is 1. The lowest BCUT2D eigenvalue weighted by Crippen LogP contribution is -2.27. The van der Waals surface area contributed by atoms with E-state index in [2.05, 4.69) is 15.3 Å². The average molecular weight is 327 g/mol. The van der Waals surface area contributed by atoms with Crippen LogP contribution in [0.1, 0.15) is 23.2 Å². The standard InChI is InChI=1S/C16H17N5O3/c1-2-14-17-6-8-20(14)9-7-18-16(22)12-10-11-4-3-5-13(21(23)24)15(11)19-12/h3-6,8,10,19H,2,7,9H2,1H3,(H,18,22). The van der Waals surface area contributed by atoms with Crippen molar-refractivity contribution in [2.24, 2.45) is 0 Å². The third-order valence-corrected chi connectivity index (χ3v) is 3.83. The van der Waals surface area contributed by atoms with Crippen molar-refractivity contribution < 1.29 is 9.72 Å². The quantitative estimate of drug-likeness (QED) is 0.535. The second kappa shape index (κ2) is 6.53. The van der Waals surface area contributed by atoms with Gasteiger partial charge < -0.3 is 14.9 Å². The number of H-pyrrole nitrogens is 1. The molecular weight excluding hydrogens is 310 g/mol. The Morgan fingerprint density at radius 1 is 1.46 bits per heavy atom. The molecule has 1 amide bonds. The SMILES string of the molecule is CCc1nccn1CCNC(=O)c1cc2cccc([N+](=O)[O-])c2[nH]1. The van der Waals surface area contributed by atoms with Crippen LogP contribution in [-0.2, 0) is 13.0 Å². The molecule has 0 saturated carbocycles. The van der Waals surface area contributed by atoms with Crippen molar-refractivity contribution in [2.45, 2.75) is 19.9 Å². The topological polar surface area (TPSA) is 106 Å². The number of para-hydroxylation sites is 1. The van der Waals surface area contributed by atoms with Gasteiger partial charge >= 0.3 is 0 Å². The predicted octanol–water partition coefficient (Wildman–Crippen LogP) is 2.26. The minimum absolute atomic E-state index is 0.0439. The molecule has 0 aliphatic heterocycles. The molecule has 0 unspecified atom stereocenters. The molecule has 24 heavy (non-hydrogen) atoms. The number of nitrogens with zero attached hydrogens (tertiary/aromatic N) is 3. The van der Waals surface area contributed by atoms with Crippen LogP contribution in [0.2, 0.25) is 0 Å². The fourth-order valence-corrected chi connectivity index (χ4v) is 2.66. The Hall–Kier alpha value is -3.16. The number of aromatic nitrogens is 3. The normalized spacial score (nSPS) is 10.9. The lowest BCUT2D eigenvalue weighted by molar-refractivity contribution is -0.383. The maximum atomic E-state index is 12.2. The lowest BCUT2D eigenvalue weighted by Gasteiger charge is -2.07. The van der Waals surface area contributed by atoms with Gasteiger partial charge in [0.1, 0.15) is 17.0 Å². The summed E-state index contributed by atoms with van der Waals surface area (Å²) in [5.41, 5.74) is 0.619. The Balaban J connectivity index is 1.70. The Kier molecular flexibility index (Phi) is 4.28. The van der Waals surface area contributed by atoms with E-state index in [1.54, 1.807) is 24.4 Å². The highest BCUT2D eigenvalue weighted by atomic mass is 16.6. The van der Waals surface area contributed by atoms with Crippen LogP contribution < -0.4 is 5.32 Å². The lowest BCUT2D eigenvalue weighted by atomic mass is 10.2. The van der Waals surface area contributed by atoms with E-state index in [-0.39, 0.29) is 11.6 Å². The van der Waals surface area contributed by atoms with Crippen LogP contribution in [0.25, 0.3) is 10.9 Å². The van der Waals surface area contributed by atoms with Gasteiger partial charge in [0.15, 0.2) is 0 Å². The molecule has 1 aromatic carbocycles. The fraction of sp³-hybridized carbons (Fsp3) is 0.250. The van der Waals surface area contributed by atoms with Crippen LogP contribution in [0.3, 0.4) is 0 Å². The number of benzene rings is 1. The molecule has 3 aromatic rings.